The van der Waals surface area contributed by atoms with Gasteiger partial charge < -0.3 is 4.42 Å². The number of benzene rings is 3. The molecule has 0 unspecified atom stereocenters. The summed E-state index contributed by atoms with van der Waals surface area (Å²) in [5.41, 5.74) is 6.91. The first-order valence-corrected chi connectivity index (χ1v) is 9.95. The second kappa shape index (κ2) is 5.71. The van der Waals surface area contributed by atoms with Gasteiger partial charge in [-0.05, 0) is 43.7 Å². The first kappa shape index (κ1) is 16.4. The molecule has 3 heteroatoms. The van der Waals surface area contributed by atoms with Crippen LogP contribution in [-0.2, 0) is 7.05 Å². The van der Waals surface area contributed by atoms with Crippen LogP contribution in [0.5, 0.6) is 0 Å². The molecule has 0 bridgehead atoms. The van der Waals surface area contributed by atoms with E-state index < -0.39 is 0 Å². The van der Waals surface area contributed by atoms with Crippen molar-refractivity contribution in [3.63, 3.8) is 0 Å². The third-order valence-electron chi connectivity index (χ3n) is 6.25. The summed E-state index contributed by atoms with van der Waals surface area (Å²) < 4.78 is 11.0. The number of furan rings is 1. The number of nitrogens with zero attached hydrogens (tertiary/aromatic N) is 2. The number of hydrogen-bond acceptors (Lipinski definition) is 1. The lowest BCUT2D eigenvalue weighted by molar-refractivity contribution is -0.665. The second-order valence-electron chi connectivity index (χ2n) is 7.80. The van der Waals surface area contributed by atoms with Crippen molar-refractivity contribution in [3.05, 3.63) is 84.1 Å². The zero-order chi connectivity index (χ0) is 19.7. The molecule has 140 valence electrons. The van der Waals surface area contributed by atoms with Gasteiger partial charge in [0.1, 0.15) is 22.2 Å². The third-order valence-corrected chi connectivity index (χ3v) is 6.25. The molecule has 0 saturated carbocycles. The Hall–Kier alpha value is -3.59. The van der Waals surface area contributed by atoms with Crippen LogP contribution >= 0.6 is 0 Å². The van der Waals surface area contributed by atoms with E-state index in [-0.39, 0.29) is 0 Å². The predicted octanol–water partition coefficient (Wildman–Crippen LogP) is 6.12. The van der Waals surface area contributed by atoms with E-state index in [9.17, 15) is 0 Å². The van der Waals surface area contributed by atoms with Crippen molar-refractivity contribution in [2.75, 3.05) is 0 Å². The smallest absolute Gasteiger partial charge is 0.286 e. The fourth-order valence-electron chi connectivity index (χ4n) is 4.77. The van der Waals surface area contributed by atoms with Crippen LogP contribution in [0.1, 0.15) is 11.1 Å². The van der Waals surface area contributed by atoms with Gasteiger partial charge in [0, 0.05) is 27.8 Å². The molecule has 0 aliphatic carbocycles. The second-order valence-corrected chi connectivity index (χ2v) is 7.80. The Labute approximate surface area is 168 Å². The number of aryl methyl sites for hydroxylation is 3. The SMILES string of the molecule is Cc1c(C)c2c(c3ccccc3n2-c2cccc[n+]2C)c2oc3ccccc3c12. The molecule has 0 fully saturated rings. The van der Waals surface area contributed by atoms with Crippen LogP contribution in [0.2, 0.25) is 0 Å². The van der Waals surface area contributed by atoms with Gasteiger partial charge in [-0.15, -0.1) is 0 Å². The van der Waals surface area contributed by atoms with Crippen molar-refractivity contribution in [1.29, 1.82) is 0 Å². The van der Waals surface area contributed by atoms with Crippen molar-refractivity contribution in [1.82, 2.24) is 4.57 Å². The summed E-state index contributed by atoms with van der Waals surface area (Å²) in [6.07, 6.45) is 2.10. The maximum atomic E-state index is 6.47. The lowest BCUT2D eigenvalue weighted by Gasteiger charge is -2.07. The molecular weight excluding hydrogens is 356 g/mol. The van der Waals surface area contributed by atoms with Gasteiger partial charge in [0.25, 0.3) is 5.82 Å². The van der Waals surface area contributed by atoms with Crippen LogP contribution in [-0.4, -0.2) is 4.57 Å². The van der Waals surface area contributed by atoms with Crippen LogP contribution in [0.3, 0.4) is 0 Å². The summed E-state index contributed by atoms with van der Waals surface area (Å²) in [7, 11) is 2.10. The van der Waals surface area contributed by atoms with Crippen LogP contribution in [0.4, 0.5) is 0 Å². The van der Waals surface area contributed by atoms with Gasteiger partial charge in [-0.2, -0.15) is 4.57 Å². The topological polar surface area (TPSA) is 21.9 Å². The first-order chi connectivity index (χ1) is 14.2. The fourth-order valence-corrected chi connectivity index (χ4v) is 4.77. The van der Waals surface area contributed by atoms with E-state index in [1.165, 1.54) is 43.7 Å². The van der Waals surface area contributed by atoms with E-state index in [0.29, 0.717) is 0 Å². The molecule has 0 spiro atoms. The number of para-hydroxylation sites is 2. The Morgan fingerprint density at radius 2 is 1.48 bits per heavy atom. The van der Waals surface area contributed by atoms with Crippen molar-refractivity contribution in [2.45, 2.75) is 13.8 Å². The molecule has 29 heavy (non-hydrogen) atoms. The zero-order valence-electron chi connectivity index (χ0n) is 16.7. The molecule has 3 aromatic carbocycles. The minimum Gasteiger partial charge on any atom is -0.455 e. The molecule has 3 nitrogen and oxygen atoms in total. The Balaban J connectivity index is 1.96. The molecule has 3 aromatic heterocycles. The number of aromatic nitrogens is 2. The van der Waals surface area contributed by atoms with Crippen LogP contribution in [0.15, 0.2) is 77.3 Å². The molecule has 0 amide bonds. The van der Waals surface area contributed by atoms with Crippen molar-refractivity contribution >= 4 is 43.7 Å². The van der Waals surface area contributed by atoms with Gasteiger partial charge in [-0.1, -0.05) is 36.4 Å². The zero-order valence-corrected chi connectivity index (χ0v) is 16.7. The van der Waals surface area contributed by atoms with Crippen LogP contribution in [0, 0.1) is 13.8 Å². The highest BCUT2D eigenvalue weighted by Gasteiger charge is 2.27. The van der Waals surface area contributed by atoms with E-state index in [0.717, 1.165) is 17.0 Å². The van der Waals surface area contributed by atoms with Crippen LogP contribution < -0.4 is 4.57 Å². The predicted molar refractivity (Wildman–Crippen MR) is 119 cm³/mol. The normalized spacial score (nSPS) is 12.0. The maximum Gasteiger partial charge on any atom is 0.286 e. The van der Waals surface area contributed by atoms with Gasteiger partial charge in [0.2, 0.25) is 0 Å². The number of pyridine rings is 1. The lowest BCUT2D eigenvalue weighted by Crippen LogP contribution is -2.33. The quantitative estimate of drug-likeness (QED) is 0.316. The third kappa shape index (κ3) is 2.05. The molecule has 6 aromatic rings. The van der Waals surface area contributed by atoms with Crippen LogP contribution in [0.25, 0.3) is 49.6 Å². The standard InChI is InChI=1S/C26H21N2O/c1-16-17(2)25-24(26-23(16)19-11-5-7-13-21(19)29-26)18-10-4-6-12-20(18)28(25)22-14-8-9-15-27(22)3/h4-15H,1-3H3/q+1. The van der Waals surface area contributed by atoms with Gasteiger partial charge in [0.15, 0.2) is 0 Å². The summed E-state index contributed by atoms with van der Waals surface area (Å²) in [6, 6.07) is 23.3. The average Bonchev–Trinajstić information content (AvgIpc) is 3.29. The first-order valence-electron chi connectivity index (χ1n) is 9.95. The maximum absolute atomic E-state index is 6.47. The van der Waals surface area contributed by atoms with Crippen molar-refractivity contribution in [3.8, 4) is 5.82 Å². The Kier molecular flexibility index (Phi) is 3.22. The van der Waals surface area contributed by atoms with E-state index in [4.69, 9.17) is 4.42 Å². The van der Waals surface area contributed by atoms with Crippen molar-refractivity contribution in [2.24, 2.45) is 7.05 Å². The summed E-state index contributed by atoms with van der Waals surface area (Å²) >= 11 is 0. The fraction of sp³-hybridized carbons (Fsp3) is 0.115. The largest absolute Gasteiger partial charge is 0.455 e. The Morgan fingerprint density at radius 3 is 2.31 bits per heavy atom. The highest BCUT2D eigenvalue weighted by molar-refractivity contribution is 6.25. The van der Waals surface area contributed by atoms with Crippen molar-refractivity contribution < 1.29 is 8.98 Å². The van der Waals surface area contributed by atoms with Gasteiger partial charge >= 0.3 is 0 Å². The highest BCUT2D eigenvalue weighted by Crippen LogP contribution is 2.43. The molecule has 0 N–H and O–H groups in total. The van der Waals surface area contributed by atoms with Gasteiger partial charge in [-0.3, -0.25) is 0 Å². The molecule has 0 aliphatic rings. The average molecular weight is 377 g/mol. The number of hydrogen-bond donors (Lipinski definition) is 0. The molecule has 0 radical (unpaired) electrons. The number of fused-ring (bicyclic) bond motifs is 7. The number of rotatable bonds is 1. The van der Waals surface area contributed by atoms with Gasteiger partial charge in [-0.25, -0.2) is 4.57 Å². The highest BCUT2D eigenvalue weighted by atomic mass is 16.3. The monoisotopic (exact) mass is 377 g/mol. The molecule has 0 atom stereocenters. The summed E-state index contributed by atoms with van der Waals surface area (Å²) in [5, 5.41) is 4.83. The lowest BCUT2D eigenvalue weighted by atomic mass is 9.98. The minimum atomic E-state index is 0.944. The Morgan fingerprint density at radius 1 is 0.759 bits per heavy atom. The Bertz CT molecular complexity index is 1580. The summed E-state index contributed by atoms with van der Waals surface area (Å²) in [5.74, 6) is 1.14. The molecule has 6 rings (SSSR count). The van der Waals surface area contributed by atoms with E-state index in [1.54, 1.807) is 0 Å². The van der Waals surface area contributed by atoms with E-state index >= 15 is 0 Å². The van der Waals surface area contributed by atoms with E-state index in [1.807, 2.05) is 6.07 Å². The summed E-state index contributed by atoms with van der Waals surface area (Å²) in [4.78, 5) is 0. The van der Waals surface area contributed by atoms with E-state index in [2.05, 4.69) is 96.9 Å². The molecular formula is C26H21N2O+. The molecule has 0 aliphatic heterocycles. The van der Waals surface area contributed by atoms with Gasteiger partial charge in [0.05, 0.1) is 18.6 Å². The minimum absolute atomic E-state index is 0.944. The molecule has 0 saturated heterocycles. The summed E-state index contributed by atoms with van der Waals surface area (Å²) in [6.45, 7) is 4.45. The molecule has 3 heterocycles.